The van der Waals surface area contributed by atoms with Gasteiger partial charge in [0, 0.05) is 165 Å². The van der Waals surface area contributed by atoms with Crippen molar-refractivity contribution in [3.63, 3.8) is 0 Å². The number of carbonyl (C=O) groups excluding carboxylic acids is 8. The van der Waals surface area contributed by atoms with E-state index in [1.807, 2.05) is 21.6 Å². The maximum absolute atomic E-state index is 14.2. The number of carboxylic acid groups (broad SMARTS) is 3. The van der Waals surface area contributed by atoms with Crippen LogP contribution in [0.1, 0.15) is 49.7 Å². The summed E-state index contributed by atoms with van der Waals surface area (Å²) >= 11 is 0. The summed E-state index contributed by atoms with van der Waals surface area (Å²) in [5, 5.41) is 52.2. The summed E-state index contributed by atoms with van der Waals surface area (Å²) in [6.07, 6.45) is 1.07. The van der Waals surface area contributed by atoms with E-state index in [9.17, 15) is 58.5 Å². The molecule has 0 aliphatic carbocycles. The van der Waals surface area contributed by atoms with Crippen molar-refractivity contribution < 1.29 is 134 Å². The van der Waals surface area contributed by atoms with Crippen LogP contribution in [0, 0.1) is 79.9 Å². The predicted octanol–water partition coefficient (Wildman–Crippen LogP) is -3.31. The van der Waals surface area contributed by atoms with Gasteiger partial charge in [-0.25, -0.2) is 9.97 Å². The van der Waals surface area contributed by atoms with Crippen LogP contribution in [-0.4, -0.2) is 270 Å². The number of nitrogens with zero attached hydrogens (tertiary/aromatic N) is 11. The van der Waals surface area contributed by atoms with Crippen molar-refractivity contribution >= 4 is 93.0 Å². The number of hydrogen-bond acceptors (Lipinski definition) is 25. The molecule has 2 aliphatic rings. The van der Waals surface area contributed by atoms with Gasteiger partial charge in [0.25, 0.3) is 11.5 Å². The molecule has 2 saturated heterocycles. The summed E-state index contributed by atoms with van der Waals surface area (Å²) in [6.45, 7) is 16.2. The zero-order valence-corrected chi connectivity index (χ0v) is 58.8. The number of aliphatic carboxylic acids is 3. The molecule has 0 saturated carbocycles. The first-order valence-electron chi connectivity index (χ1n) is 31.6. The number of nitrogen functional groups attached to an aromatic ring is 1. The summed E-state index contributed by atoms with van der Waals surface area (Å²) < 4.78 is 0. The number of anilines is 6. The number of nitrogens with one attached hydrogen (secondary N) is 7. The van der Waals surface area contributed by atoms with Gasteiger partial charge < -0.3 is 82.0 Å². The molecule has 2 aromatic heterocycles. The first-order valence-corrected chi connectivity index (χ1v) is 31.6. The number of H-pyrrole nitrogens is 1. The van der Waals surface area contributed by atoms with E-state index >= 15 is 0 Å². The van der Waals surface area contributed by atoms with Crippen LogP contribution >= 0.6 is 0 Å². The molecule has 1 atom stereocenters. The first-order chi connectivity index (χ1) is 45.2. The number of carbonyl (C=O) groups is 8. The molecule has 9 N–H and O–H groups in total. The smallest absolute Gasteiger partial charge is 0.549 e. The number of rotatable bonds is 26. The molecule has 5 aromatic rings. The van der Waals surface area contributed by atoms with Crippen molar-refractivity contribution in [3.05, 3.63) is 101 Å². The number of aromatic amines is 1. The fourth-order valence-electron chi connectivity index (χ4n) is 10.8. The first kappa shape index (κ1) is 80.3. The molecule has 1 unspecified atom stereocenters. The molecule has 33 heteroatoms. The van der Waals surface area contributed by atoms with Gasteiger partial charge in [0.15, 0.2) is 11.2 Å². The van der Waals surface area contributed by atoms with Crippen LogP contribution in [0.3, 0.4) is 0 Å². The topological polar surface area (TPSA) is 401 Å². The van der Waals surface area contributed by atoms with Gasteiger partial charge in [-0.3, -0.25) is 58.3 Å². The number of amides is 5. The van der Waals surface area contributed by atoms with Crippen molar-refractivity contribution in [2.24, 2.45) is 0 Å². The third-order valence-electron chi connectivity index (χ3n) is 16.3. The Kier molecular flexibility index (Phi) is 34.9. The monoisotopic (exact) mass is 1610 g/mol. The Hall–Kier alpha value is -6.43. The van der Waals surface area contributed by atoms with E-state index in [0.29, 0.717) is 126 Å². The van der Waals surface area contributed by atoms with Gasteiger partial charge in [0.2, 0.25) is 29.6 Å². The Morgan fingerprint density at radius 1 is 0.490 bits per heavy atom. The number of nitrogens with two attached hydrogens (primary N) is 1. The van der Waals surface area contributed by atoms with E-state index in [-0.39, 0.29) is 161 Å². The molecule has 4 heterocycles. The summed E-state index contributed by atoms with van der Waals surface area (Å²) in [5.41, 5.74) is 7.95. The summed E-state index contributed by atoms with van der Waals surface area (Å²) in [7, 11) is 0. The minimum atomic E-state index is -1.26. The SMILES string of the molecule is CCN1CCN(CC)CCN(CC(=O)Nc2ccc(NC(=O)CCC(NC(=O)c3ccc(NCc4cnc5nc(N)[nH]c(=O)c5n4)cc3)C(=O)Nc3ccc(NC(=O)CN4CCN(CC(=O)[O-])CCN(CC)CCN(CC(=O)[O-])CC4)cc3)cc2)CCN(CC(=O)[O-])CC1.[153Gd+3].[153Gd+3]. The molecule has 31 nitrogen and oxygen atoms in total. The Labute approximate surface area is 621 Å². The van der Waals surface area contributed by atoms with Crippen LogP contribution in [0.25, 0.3) is 11.2 Å². The normalized spacial score (nSPS) is 16.3. The second-order valence-corrected chi connectivity index (χ2v) is 23.1. The minimum Gasteiger partial charge on any atom is -0.549 e. The molecule has 0 bridgehead atoms. The Balaban J connectivity index is 0.00000833. The number of likely N-dealkylation sites (N-methyl/N-ethyl adjacent to an activating group) is 3. The number of benzene rings is 3. The van der Waals surface area contributed by atoms with Gasteiger partial charge in [-0.05, 0) is 98.9 Å². The second-order valence-electron chi connectivity index (χ2n) is 23.1. The number of carboxylic acids is 3. The zero-order chi connectivity index (χ0) is 67.5. The van der Waals surface area contributed by atoms with E-state index < -0.39 is 53.1 Å². The fourth-order valence-corrected chi connectivity index (χ4v) is 10.8. The Bertz CT molecular complexity index is 3380. The molecule has 96 heavy (non-hydrogen) atoms. The molecule has 0 spiro atoms. The van der Waals surface area contributed by atoms with Crippen LogP contribution in [0.4, 0.5) is 34.4 Å². The average Bonchev–Trinajstić information content (AvgIpc) is 0.827. The maximum atomic E-state index is 14.2. The van der Waals surface area contributed by atoms with Gasteiger partial charge >= 0.3 is 79.9 Å². The van der Waals surface area contributed by atoms with Crippen LogP contribution < -0.4 is 58.5 Å². The summed E-state index contributed by atoms with van der Waals surface area (Å²) in [4.78, 5) is 147. The molecular weight excluding hydrogens is 1520 g/mol. The Morgan fingerprint density at radius 3 is 1.23 bits per heavy atom. The molecular formula is C63H86Gd2N19O12+3. The van der Waals surface area contributed by atoms with Gasteiger partial charge in [-0.2, -0.15) is 4.98 Å². The minimum absolute atomic E-state index is 0. The van der Waals surface area contributed by atoms with E-state index in [0.717, 1.165) is 32.7 Å². The van der Waals surface area contributed by atoms with Crippen molar-refractivity contribution in [1.29, 1.82) is 0 Å². The molecule has 2 fully saturated rings. The molecule has 5 amide bonds. The van der Waals surface area contributed by atoms with Crippen LogP contribution in [-0.2, 0) is 40.1 Å². The number of hydrogen-bond donors (Lipinski definition) is 8. The van der Waals surface area contributed by atoms with Crippen LogP contribution in [0.2, 0.25) is 0 Å². The van der Waals surface area contributed by atoms with Crippen molar-refractivity contribution in [1.82, 2.24) is 64.5 Å². The van der Waals surface area contributed by atoms with Gasteiger partial charge in [0.05, 0.1) is 49.4 Å². The largest absolute Gasteiger partial charge is 3.00 e. The van der Waals surface area contributed by atoms with E-state index in [1.165, 1.54) is 18.3 Å². The number of fused-ring (bicyclic) bond motifs is 1. The maximum Gasteiger partial charge on any atom is 3.00 e. The number of aromatic nitrogens is 4. The van der Waals surface area contributed by atoms with Crippen LogP contribution in [0.5, 0.6) is 0 Å². The van der Waals surface area contributed by atoms with Crippen molar-refractivity contribution in [2.45, 2.75) is 46.2 Å². The van der Waals surface area contributed by atoms with E-state index in [2.05, 4.69) is 80.4 Å². The predicted molar refractivity (Wildman–Crippen MR) is 348 cm³/mol. The van der Waals surface area contributed by atoms with Crippen molar-refractivity contribution in [2.75, 3.05) is 189 Å². The molecule has 518 valence electrons. The summed E-state index contributed by atoms with van der Waals surface area (Å²) in [5.74, 6) is -6.13. The quantitative estimate of drug-likeness (QED) is 0.0269. The zero-order valence-electron chi connectivity index (χ0n) is 54.3. The third-order valence-corrected chi connectivity index (χ3v) is 16.3. The second kappa shape index (κ2) is 41.7. The molecule has 3 aromatic carbocycles. The van der Waals surface area contributed by atoms with Crippen molar-refractivity contribution in [3.8, 4) is 0 Å². The average molecular weight is 1610 g/mol. The third kappa shape index (κ3) is 28.2. The Morgan fingerprint density at radius 2 is 0.844 bits per heavy atom. The van der Waals surface area contributed by atoms with Gasteiger partial charge in [0.1, 0.15) is 6.04 Å². The molecule has 2 aliphatic heterocycles. The van der Waals surface area contributed by atoms with E-state index in [1.54, 1.807) is 70.5 Å². The van der Waals surface area contributed by atoms with E-state index in [4.69, 9.17) is 5.73 Å². The molecule has 2 radical (unpaired) electrons. The van der Waals surface area contributed by atoms with Gasteiger partial charge in [-0.15, -0.1) is 0 Å². The van der Waals surface area contributed by atoms with Gasteiger partial charge in [-0.1, -0.05) is 20.8 Å². The fraction of sp³-hybridized carbons (Fsp3) is 0.492. The van der Waals surface area contributed by atoms with Crippen LogP contribution in [0.15, 0.2) is 83.8 Å². The standard InChI is InChI=1S/C63H89N19O12.2Gd/c1-4-75-21-22-76(5-2)24-28-80(41-55(86)87)34-31-78(27-23-75)39-53(84)68-47-13-11-46(12-14-47)67-52(83)20-19-51(72-60(92)44-7-9-45(10-8-44)65-37-50-38-66-59-58(70-50)62(94)74-63(64)73-59)61(93)71-49-17-15-48(16-18-49)69-54(85)40-79-32-35-81(42-56(88)89)29-25-77(6-3)26-30-82(36-33-79)43-57(90)91;;/h7-18,38,51,65H,4-6,19-37,39-43H2,1-3H3,(H,67,83)(H,68,84)(H,69,85)(H,71,93)(H,72,92)(H,86,87)(H,88,89)(H,90,91)(H3,64,66,73,74,94);;/q;2*+3/p-3/i;2*1-4. The molecule has 7 rings (SSSR count). The summed E-state index contributed by atoms with van der Waals surface area (Å²) in [6, 6.07) is 17.8.